The number of carbonyl (C=O) groups is 2. The second kappa shape index (κ2) is 6.29. The van der Waals surface area contributed by atoms with Crippen molar-refractivity contribution in [1.82, 2.24) is 5.32 Å². The van der Waals surface area contributed by atoms with E-state index < -0.39 is 17.9 Å². The molecule has 0 aliphatic heterocycles. The molecule has 1 aromatic carbocycles. The molecular weight excluding hydrogens is 274 g/mol. The minimum atomic E-state index is -1.13. The number of hydrogen-bond acceptors (Lipinski definition) is 4. The van der Waals surface area contributed by atoms with Crippen molar-refractivity contribution < 1.29 is 24.2 Å². The second-order valence-corrected chi connectivity index (χ2v) is 4.13. The number of rotatable bonds is 5. The zero-order valence-electron chi connectivity index (χ0n) is 10.7. The summed E-state index contributed by atoms with van der Waals surface area (Å²) in [6.07, 6.45) is 0. The van der Waals surface area contributed by atoms with E-state index in [-0.39, 0.29) is 10.6 Å². The molecule has 19 heavy (non-hydrogen) atoms. The van der Waals surface area contributed by atoms with Crippen LogP contribution < -0.4 is 14.8 Å². The molecule has 0 fully saturated rings. The highest BCUT2D eigenvalue weighted by Gasteiger charge is 2.18. The molecule has 0 spiro atoms. The first-order valence-electron chi connectivity index (χ1n) is 5.35. The highest BCUT2D eigenvalue weighted by Crippen LogP contribution is 2.35. The van der Waals surface area contributed by atoms with Gasteiger partial charge < -0.3 is 19.9 Å². The third kappa shape index (κ3) is 3.51. The van der Waals surface area contributed by atoms with Crippen LogP contribution in [0.5, 0.6) is 11.5 Å². The summed E-state index contributed by atoms with van der Waals surface area (Å²) in [6.45, 7) is 1.36. The molecule has 0 bridgehead atoms. The average Bonchev–Trinajstić information content (AvgIpc) is 2.37. The summed E-state index contributed by atoms with van der Waals surface area (Å²) in [6, 6.07) is 1.81. The van der Waals surface area contributed by atoms with Gasteiger partial charge in [0.25, 0.3) is 5.91 Å². The first kappa shape index (κ1) is 15.1. The number of carbonyl (C=O) groups excluding carboxylic acids is 1. The van der Waals surface area contributed by atoms with Crippen LogP contribution >= 0.6 is 11.6 Å². The van der Waals surface area contributed by atoms with Crippen molar-refractivity contribution in [3.63, 3.8) is 0 Å². The van der Waals surface area contributed by atoms with Crippen LogP contribution in [0, 0.1) is 0 Å². The lowest BCUT2D eigenvalue weighted by molar-refractivity contribution is -0.138. The fourth-order valence-corrected chi connectivity index (χ4v) is 1.68. The monoisotopic (exact) mass is 287 g/mol. The highest BCUT2D eigenvalue weighted by atomic mass is 35.5. The Hall–Kier alpha value is -1.95. The topological polar surface area (TPSA) is 84.9 Å². The van der Waals surface area contributed by atoms with Crippen molar-refractivity contribution in [2.75, 3.05) is 14.2 Å². The second-order valence-electron chi connectivity index (χ2n) is 3.73. The summed E-state index contributed by atoms with van der Waals surface area (Å²) < 4.78 is 10.1. The number of nitrogens with one attached hydrogen (secondary N) is 1. The fourth-order valence-electron chi connectivity index (χ4n) is 1.39. The molecule has 1 rings (SSSR count). The van der Waals surface area contributed by atoms with Gasteiger partial charge in [-0.05, 0) is 19.1 Å². The number of hydrogen-bond donors (Lipinski definition) is 2. The average molecular weight is 288 g/mol. The maximum absolute atomic E-state index is 11.9. The molecule has 0 aliphatic rings. The van der Waals surface area contributed by atoms with Crippen LogP contribution in [0.25, 0.3) is 0 Å². The molecule has 0 saturated heterocycles. The van der Waals surface area contributed by atoms with E-state index in [4.69, 9.17) is 26.2 Å². The number of aliphatic carboxylic acids is 1. The minimum Gasteiger partial charge on any atom is -0.493 e. The van der Waals surface area contributed by atoms with Crippen molar-refractivity contribution in [3.8, 4) is 11.5 Å². The van der Waals surface area contributed by atoms with Gasteiger partial charge >= 0.3 is 5.97 Å². The van der Waals surface area contributed by atoms with Crippen molar-refractivity contribution >= 4 is 23.5 Å². The van der Waals surface area contributed by atoms with E-state index in [1.54, 1.807) is 0 Å². The van der Waals surface area contributed by atoms with Gasteiger partial charge in [0.2, 0.25) is 0 Å². The third-order valence-electron chi connectivity index (χ3n) is 2.41. The van der Waals surface area contributed by atoms with E-state index in [0.717, 1.165) is 0 Å². The molecule has 1 aromatic rings. The zero-order valence-corrected chi connectivity index (χ0v) is 11.4. The van der Waals surface area contributed by atoms with Gasteiger partial charge in [0.05, 0.1) is 19.2 Å². The Bertz CT molecular complexity index is 503. The SMILES string of the molecule is COc1cc(C(=O)N[C@H](C)C(=O)O)cc(Cl)c1OC. The van der Waals surface area contributed by atoms with E-state index in [0.29, 0.717) is 11.5 Å². The Labute approximate surface area is 115 Å². The Morgan fingerprint density at radius 1 is 1.32 bits per heavy atom. The van der Waals surface area contributed by atoms with Crippen LogP contribution in [0.2, 0.25) is 5.02 Å². The summed E-state index contributed by atoms with van der Waals surface area (Å²) in [4.78, 5) is 22.5. The van der Waals surface area contributed by atoms with Crippen LogP contribution in [-0.4, -0.2) is 37.2 Å². The van der Waals surface area contributed by atoms with Crippen molar-refractivity contribution in [1.29, 1.82) is 0 Å². The van der Waals surface area contributed by atoms with Crippen LogP contribution in [0.1, 0.15) is 17.3 Å². The molecule has 7 heteroatoms. The van der Waals surface area contributed by atoms with Gasteiger partial charge in [0.15, 0.2) is 11.5 Å². The maximum atomic E-state index is 11.9. The van der Waals surface area contributed by atoms with Crippen LogP contribution in [0.3, 0.4) is 0 Å². The van der Waals surface area contributed by atoms with Gasteiger partial charge in [-0.3, -0.25) is 9.59 Å². The van der Waals surface area contributed by atoms with E-state index >= 15 is 0 Å². The van der Waals surface area contributed by atoms with E-state index in [1.165, 1.54) is 33.3 Å². The molecule has 0 aliphatic carbocycles. The predicted molar refractivity (Wildman–Crippen MR) is 69.1 cm³/mol. The van der Waals surface area contributed by atoms with Crippen LogP contribution in [-0.2, 0) is 4.79 Å². The minimum absolute atomic E-state index is 0.191. The first-order valence-corrected chi connectivity index (χ1v) is 5.73. The molecule has 1 atom stereocenters. The Morgan fingerprint density at radius 3 is 2.42 bits per heavy atom. The molecule has 104 valence electrons. The molecule has 0 aromatic heterocycles. The van der Waals surface area contributed by atoms with Gasteiger partial charge in [-0.2, -0.15) is 0 Å². The third-order valence-corrected chi connectivity index (χ3v) is 2.69. The smallest absolute Gasteiger partial charge is 0.325 e. The van der Waals surface area contributed by atoms with Gasteiger partial charge in [0.1, 0.15) is 6.04 Å². The van der Waals surface area contributed by atoms with Crippen LogP contribution in [0.4, 0.5) is 0 Å². The molecule has 0 saturated carbocycles. The Balaban J connectivity index is 3.05. The first-order chi connectivity index (χ1) is 8.90. The molecule has 1 amide bonds. The van der Waals surface area contributed by atoms with Crippen molar-refractivity contribution in [2.24, 2.45) is 0 Å². The lowest BCUT2D eigenvalue weighted by Crippen LogP contribution is -2.38. The molecule has 0 unspecified atom stereocenters. The molecule has 0 radical (unpaired) electrons. The number of carboxylic acids is 1. The normalized spacial score (nSPS) is 11.6. The number of ether oxygens (including phenoxy) is 2. The molecule has 0 heterocycles. The largest absolute Gasteiger partial charge is 0.493 e. The summed E-state index contributed by atoms with van der Waals surface area (Å²) in [7, 11) is 2.84. The summed E-state index contributed by atoms with van der Waals surface area (Å²) in [5.41, 5.74) is 0.191. The highest BCUT2D eigenvalue weighted by molar-refractivity contribution is 6.32. The summed E-state index contributed by atoms with van der Waals surface area (Å²) >= 11 is 5.96. The summed E-state index contributed by atoms with van der Waals surface area (Å²) in [5.74, 6) is -1.08. The number of benzene rings is 1. The zero-order chi connectivity index (χ0) is 14.6. The van der Waals surface area contributed by atoms with E-state index in [2.05, 4.69) is 5.32 Å². The molecule has 2 N–H and O–H groups in total. The predicted octanol–water partition coefficient (Wildman–Crippen LogP) is 1.56. The Kier molecular flexibility index (Phi) is 5.00. The number of methoxy groups -OCH3 is 2. The fraction of sp³-hybridized carbons (Fsp3) is 0.333. The number of amides is 1. The maximum Gasteiger partial charge on any atom is 0.325 e. The van der Waals surface area contributed by atoms with Gasteiger partial charge in [-0.1, -0.05) is 11.6 Å². The van der Waals surface area contributed by atoms with E-state index in [9.17, 15) is 9.59 Å². The van der Waals surface area contributed by atoms with Crippen LogP contribution in [0.15, 0.2) is 12.1 Å². The molecular formula is C12H14ClNO5. The van der Waals surface area contributed by atoms with Crippen molar-refractivity contribution in [2.45, 2.75) is 13.0 Å². The quantitative estimate of drug-likeness (QED) is 0.858. The lowest BCUT2D eigenvalue weighted by atomic mass is 10.1. The van der Waals surface area contributed by atoms with Gasteiger partial charge in [-0.15, -0.1) is 0 Å². The molecule has 6 nitrogen and oxygen atoms in total. The standard InChI is InChI=1S/C12H14ClNO5/c1-6(12(16)17)14-11(15)7-4-8(13)10(19-3)9(5-7)18-2/h4-6H,1-3H3,(H,14,15)(H,16,17)/t6-/m1/s1. The number of carboxylic acid groups (broad SMARTS) is 1. The van der Waals surface area contributed by atoms with Gasteiger partial charge in [0, 0.05) is 5.56 Å². The van der Waals surface area contributed by atoms with E-state index in [1.807, 2.05) is 0 Å². The van der Waals surface area contributed by atoms with Gasteiger partial charge in [-0.25, -0.2) is 0 Å². The van der Waals surface area contributed by atoms with Crippen molar-refractivity contribution in [3.05, 3.63) is 22.7 Å². The Morgan fingerprint density at radius 2 is 1.95 bits per heavy atom. The lowest BCUT2D eigenvalue weighted by Gasteiger charge is -2.13. The summed E-state index contributed by atoms with van der Waals surface area (Å²) in [5, 5.41) is 11.3. The number of halogens is 1.